The Morgan fingerprint density at radius 3 is 2.70 bits per heavy atom. The Morgan fingerprint density at radius 1 is 1.05 bits per heavy atom. The van der Waals surface area contributed by atoms with Gasteiger partial charge in [-0.15, -0.1) is 0 Å². The van der Waals surface area contributed by atoms with Crippen LogP contribution in [0.25, 0.3) is 33.2 Å². The van der Waals surface area contributed by atoms with Crippen LogP contribution in [0.2, 0.25) is 0 Å². The second-order valence-corrected chi connectivity index (χ2v) is 8.60. The van der Waals surface area contributed by atoms with Crippen LogP contribution in [-0.2, 0) is 18.9 Å². The molecule has 10 heteroatoms. The highest BCUT2D eigenvalue weighted by Crippen LogP contribution is 2.27. The zero-order valence-corrected chi connectivity index (χ0v) is 20.8. The van der Waals surface area contributed by atoms with E-state index in [4.69, 9.17) is 0 Å². The second-order valence-electron chi connectivity index (χ2n) is 8.60. The van der Waals surface area contributed by atoms with E-state index < -0.39 is 6.04 Å². The van der Waals surface area contributed by atoms with Crippen LogP contribution in [0.1, 0.15) is 18.2 Å². The maximum absolute atomic E-state index is 12.6. The zero-order valence-electron chi connectivity index (χ0n) is 20.8. The third-order valence-corrected chi connectivity index (χ3v) is 6.16. The summed E-state index contributed by atoms with van der Waals surface area (Å²) < 4.78 is 3.31. The number of aromatic nitrogens is 6. The molecule has 1 atom stereocenters. The van der Waals surface area contributed by atoms with Crippen molar-refractivity contribution in [2.75, 3.05) is 12.4 Å². The van der Waals surface area contributed by atoms with Gasteiger partial charge in [0.25, 0.3) is 5.56 Å². The topological polar surface area (TPSA) is 120 Å². The van der Waals surface area contributed by atoms with E-state index >= 15 is 0 Å². The molecule has 0 saturated heterocycles. The van der Waals surface area contributed by atoms with Crippen LogP contribution in [0.15, 0.2) is 59.8 Å². The first kappa shape index (κ1) is 23.8. The molecule has 5 aromatic rings. The van der Waals surface area contributed by atoms with Crippen molar-refractivity contribution in [1.29, 1.82) is 0 Å². The summed E-state index contributed by atoms with van der Waals surface area (Å²) in [5, 5.41) is 11.0. The summed E-state index contributed by atoms with van der Waals surface area (Å²) in [7, 11) is 5.28. The number of aryl methyl sites for hydroxylation is 2. The van der Waals surface area contributed by atoms with Crippen LogP contribution in [-0.4, -0.2) is 48.3 Å². The Labute approximate surface area is 212 Å². The molecule has 10 nitrogen and oxygen atoms in total. The van der Waals surface area contributed by atoms with E-state index in [-0.39, 0.29) is 11.5 Å². The Kier molecular flexibility index (Phi) is 6.21. The molecule has 1 aromatic carbocycles. The fourth-order valence-corrected chi connectivity index (χ4v) is 3.98. The standard InChI is InChI=1S/C27H24N8O2/c1-16(28-2)27(37)33-23-13-19(25-26-21(29-15-30-25)14-31-35(26)4)12-20(32-23)8-5-17-6-9-22-18(11-17)7-10-24(36)34(22)3/h6-7,9-16,28H,1-4H3,(H,32,33,37). The quantitative estimate of drug-likeness (QED) is 0.369. The number of pyridine rings is 2. The van der Waals surface area contributed by atoms with E-state index in [1.54, 1.807) is 48.6 Å². The number of rotatable bonds is 4. The number of carbonyl (C=O) groups excluding carboxylic acids is 1. The number of hydrogen-bond acceptors (Lipinski definition) is 7. The van der Waals surface area contributed by atoms with Crippen molar-refractivity contribution in [3.8, 4) is 23.1 Å². The number of fused-ring (bicyclic) bond motifs is 2. The number of nitrogens with zero attached hydrogens (tertiary/aromatic N) is 6. The average molecular weight is 493 g/mol. The minimum atomic E-state index is -0.406. The highest BCUT2D eigenvalue weighted by molar-refractivity contribution is 5.95. The van der Waals surface area contributed by atoms with Gasteiger partial charge in [-0.25, -0.2) is 15.0 Å². The third kappa shape index (κ3) is 4.68. The SMILES string of the molecule is CNC(C)C(=O)Nc1cc(-c2ncnc3cnn(C)c23)cc(C#Cc2ccc3c(ccc(=O)n3C)c2)n1. The van der Waals surface area contributed by atoms with Crippen molar-refractivity contribution in [3.63, 3.8) is 0 Å². The van der Waals surface area contributed by atoms with Gasteiger partial charge in [-0.3, -0.25) is 14.3 Å². The lowest BCUT2D eigenvalue weighted by Gasteiger charge is -2.12. The number of carbonyl (C=O) groups is 1. The molecule has 0 aliphatic carbocycles. The summed E-state index contributed by atoms with van der Waals surface area (Å²) in [6.45, 7) is 1.76. The molecular weight excluding hydrogens is 468 g/mol. The summed E-state index contributed by atoms with van der Waals surface area (Å²) in [5.41, 5.74) is 4.82. The van der Waals surface area contributed by atoms with Gasteiger partial charge in [0.05, 0.1) is 23.4 Å². The highest BCUT2D eigenvalue weighted by Gasteiger charge is 2.16. The molecule has 0 aliphatic heterocycles. The predicted octanol–water partition coefficient (Wildman–Crippen LogP) is 2.22. The number of nitrogens with one attached hydrogen (secondary N) is 2. The Hall–Kier alpha value is -4.88. The van der Waals surface area contributed by atoms with Gasteiger partial charge in [0.1, 0.15) is 28.9 Å². The van der Waals surface area contributed by atoms with Crippen molar-refractivity contribution in [3.05, 3.63) is 76.6 Å². The van der Waals surface area contributed by atoms with Gasteiger partial charge >= 0.3 is 0 Å². The lowest BCUT2D eigenvalue weighted by molar-refractivity contribution is -0.117. The molecule has 0 bridgehead atoms. The molecule has 1 unspecified atom stereocenters. The minimum Gasteiger partial charge on any atom is -0.311 e. The number of hydrogen-bond donors (Lipinski definition) is 2. The smallest absolute Gasteiger partial charge is 0.250 e. The summed E-state index contributed by atoms with van der Waals surface area (Å²) >= 11 is 0. The number of amides is 1. The lowest BCUT2D eigenvalue weighted by atomic mass is 10.1. The third-order valence-electron chi connectivity index (χ3n) is 6.16. The molecule has 0 spiro atoms. The van der Waals surface area contributed by atoms with E-state index in [0.29, 0.717) is 22.7 Å². The first-order valence-corrected chi connectivity index (χ1v) is 11.6. The van der Waals surface area contributed by atoms with Crippen LogP contribution < -0.4 is 16.2 Å². The van der Waals surface area contributed by atoms with E-state index in [1.807, 2.05) is 31.3 Å². The Balaban J connectivity index is 1.60. The fraction of sp³-hybridized carbons (Fsp3) is 0.185. The van der Waals surface area contributed by atoms with Crippen LogP contribution >= 0.6 is 0 Å². The molecule has 2 N–H and O–H groups in total. The van der Waals surface area contributed by atoms with Gasteiger partial charge in [-0.1, -0.05) is 5.92 Å². The predicted molar refractivity (Wildman–Crippen MR) is 142 cm³/mol. The Morgan fingerprint density at radius 2 is 1.89 bits per heavy atom. The van der Waals surface area contributed by atoms with Crippen LogP contribution in [0.4, 0.5) is 5.82 Å². The molecule has 0 aliphatic rings. The van der Waals surface area contributed by atoms with E-state index in [9.17, 15) is 9.59 Å². The molecule has 5 rings (SSSR count). The number of likely N-dealkylation sites (N-methyl/N-ethyl adjacent to an activating group) is 1. The monoisotopic (exact) mass is 492 g/mol. The fourth-order valence-electron chi connectivity index (χ4n) is 3.98. The molecule has 4 aromatic heterocycles. The maximum atomic E-state index is 12.6. The van der Waals surface area contributed by atoms with Crippen molar-refractivity contribution >= 4 is 33.7 Å². The first-order valence-electron chi connectivity index (χ1n) is 11.6. The maximum Gasteiger partial charge on any atom is 0.250 e. The van der Waals surface area contributed by atoms with Crippen molar-refractivity contribution in [1.82, 2.24) is 34.6 Å². The van der Waals surface area contributed by atoms with Gasteiger partial charge in [-0.2, -0.15) is 5.10 Å². The molecular formula is C27H24N8O2. The largest absolute Gasteiger partial charge is 0.311 e. The molecule has 0 saturated carbocycles. The zero-order chi connectivity index (χ0) is 26.1. The molecule has 184 valence electrons. The molecule has 37 heavy (non-hydrogen) atoms. The van der Waals surface area contributed by atoms with Crippen molar-refractivity contribution in [2.24, 2.45) is 14.1 Å². The van der Waals surface area contributed by atoms with E-state index in [0.717, 1.165) is 27.5 Å². The van der Waals surface area contributed by atoms with Crippen LogP contribution in [0.3, 0.4) is 0 Å². The molecule has 1 amide bonds. The summed E-state index contributed by atoms with van der Waals surface area (Å²) in [6, 6.07) is 12.2. The molecule has 0 fully saturated rings. The number of benzene rings is 1. The Bertz CT molecular complexity index is 1790. The van der Waals surface area contributed by atoms with Crippen molar-refractivity contribution in [2.45, 2.75) is 13.0 Å². The minimum absolute atomic E-state index is 0.0678. The lowest BCUT2D eigenvalue weighted by Crippen LogP contribution is -2.35. The van der Waals surface area contributed by atoms with Crippen molar-refractivity contribution < 1.29 is 4.79 Å². The van der Waals surface area contributed by atoms with E-state index in [2.05, 4.69) is 42.5 Å². The van der Waals surface area contributed by atoms with Gasteiger partial charge in [0.15, 0.2) is 0 Å². The first-order chi connectivity index (χ1) is 17.8. The number of anilines is 1. The van der Waals surface area contributed by atoms with Gasteiger partial charge in [0, 0.05) is 31.3 Å². The normalized spacial score (nSPS) is 11.8. The van der Waals surface area contributed by atoms with Gasteiger partial charge in [-0.05, 0) is 61.7 Å². The summed E-state index contributed by atoms with van der Waals surface area (Å²) in [6.07, 6.45) is 3.16. The second kappa shape index (κ2) is 9.64. The van der Waals surface area contributed by atoms with Gasteiger partial charge in [0.2, 0.25) is 5.91 Å². The molecule has 4 heterocycles. The summed E-state index contributed by atoms with van der Waals surface area (Å²) in [5.74, 6) is 6.40. The van der Waals surface area contributed by atoms with Crippen LogP contribution in [0.5, 0.6) is 0 Å². The van der Waals surface area contributed by atoms with Gasteiger partial charge < -0.3 is 15.2 Å². The van der Waals surface area contributed by atoms with Crippen LogP contribution in [0, 0.1) is 11.8 Å². The van der Waals surface area contributed by atoms with E-state index in [1.165, 1.54) is 12.4 Å². The summed E-state index contributed by atoms with van der Waals surface area (Å²) in [4.78, 5) is 37.8. The highest BCUT2D eigenvalue weighted by atomic mass is 16.2. The average Bonchev–Trinajstić information content (AvgIpc) is 3.29. The molecule has 0 radical (unpaired) electrons.